The quantitative estimate of drug-likeness (QED) is 0.777. The largest absolute Gasteiger partial charge is 0.450 e. The third kappa shape index (κ3) is 5.19. The van der Waals surface area contributed by atoms with Gasteiger partial charge in [-0.15, -0.1) is 11.6 Å². The molecule has 1 aromatic heterocycles. The standard InChI is InChI=1S/C12H15N2O2.C2H6.Y/c1-9(2)10-4-5-11(13-8-10)14-6-3-7-16-12(14)15;1-2;/h5,8-9H,3,6-7H2,1-2H3;1-2H3;/q-1;;. The van der Waals surface area contributed by atoms with Crippen LogP contribution in [0.3, 0.4) is 0 Å². The van der Waals surface area contributed by atoms with Crippen molar-refractivity contribution >= 4 is 11.9 Å². The number of hydrogen-bond donors (Lipinski definition) is 0. The van der Waals surface area contributed by atoms with Crippen LogP contribution < -0.4 is 4.90 Å². The zero-order chi connectivity index (χ0) is 13.5. The van der Waals surface area contributed by atoms with Gasteiger partial charge >= 0.3 is 6.09 Å². The number of rotatable bonds is 2. The number of anilines is 1. The topological polar surface area (TPSA) is 42.4 Å². The fourth-order valence-corrected chi connectivity index (χ4v) is 1.58. The zero-order valence-corrected chi connectivity index (χ0v) is 15.0. The smallest absolute Gasteiger partial charge is 0.404 e. The molecule has 1 aliphatic heterocycles. The van der Waals surface area contributed by atoms with Crippen LogP contribution in [0.2, 0.25) is 0 Å². The van der Waals surface area contributed by atoms with Crippen molar-refractivity contribution in [1.82, 2.24) is 4.98 Å². The van der Waals surface area contributed by atoms with E-state index in [2.05, 4.69) is 24.9 Å². The summed E-state index contributed by atoms with van der Waals surface area (Å²) in [5.74, 6) is 1.02. The van der Waals surface area contributed by atoms with E-state index in [1.807, 2.05) is 13.8 Å². The van der Waals surface area contributed by atoms with E-state index < -0.39 is 0 Å². The number of ether oxygens (including phenoxy) is 1. The molecular formula is C14H21N2O2Y-. The average Bonchev–Trinajstić information content (AvgIpc) is 2.42. The molecule has 0 bridgehead atoms. The van der Waals surface area contributed by atoms with Crippen molar-refractivity contribution in [2.24, 2.45) is 0 Å². The maximum Gasteiger partial charge on any atom is 0.404 e. The second-order valence-electron chi connectivity index (χ2n) is 4.13. The molecule has 1 amide bonds. The molecule has 0 saturated carbocycles. The van der Waals surface area contributed by atoms with Crippen LogP contribution in [0, 0.1) is 6.07 Å². The third-order valence-corrected chi connectivity index (χ3v) is 2.57. The van der Waals surface area contributed by atoms with E-state index in [9.17, 15) is 4.79 Å². The molecular weight excluding hydrogens is 317 g/mol. The Labute approximate surface area is 140 Å². The maximum atomic E-state index is 11.5. The van der Waals surface area contributed by atoms with E-state index in [1.54, 1.807) is 17.2 Å². The van der Waals surface area contributed by atoms with Gasteiger partial charge in [-0.3, -0.25) is 0 Å². The van der Waals surface area contributed by atoms with E-state index in [1.165, 1.54) is 0 Å². The molecule has 2 rings (SSSR count). The van der Waals surface area contributed by atoms with E-state index in [0.29, 0.717) is 24.9 Å². The zero-order valence-electron chi connectivity index (χ0n) is 12.1. The van der Waals surface area contributed by atoms with Crippen molar-refractivity contribution in [3.63, 3.8) is 0 Å². The van der Waals surface area contributed by atoms with Crippen molar-refractivity contribution in [2.75, 3.05) is 18.1 Å². The minimum atomic E-state index is -0.315. The fourth-order valence-electron chi connectivity index (χ4n) is 1.58. The maximum absolute atomic E-state index is 11.5. The predicted octanol–water partition coefficient (Wildman–Crippen LogP) is 3.38. The van der Waals surface area contributed by atoms with Crippen LogP contribution in [0.25, 0.3) is 0 Å². The normalized spacial score (nSPS) is 14.2. The molecule has 103 valence electrons. The average molecular weight is 338 g/mol. The van der Waals surface area contributed by atoms with Gasteiger partial charge in [-0.05, 0) is 12.3 Å². The summed E-state index contributed by atoms with van der Waals surface area (Å²) in [7, 11) is 0. The summed E-state index contributed by atoms with van der Waals surface area (Å²) >= 11 is 0. The molecule has 2 heterocycles. The first-order valence-electron chi connectivity index (χ1n) is 6.50. The van der Waals surface area contributed by atoms with Gasteiger partial charge < -0.3 is 14.6 Å². The van der Waals surface area contributed by atoms with Crippen molar-refractivity contribution in [2.45, 2.75) is 40.0 Å². The molecule has 0 aliphatic carbocycles. The molecule has 1 radical (unpaired) electrons. The number of carbonyl (C=O) groups is 1. The number of nitrogens with zero attached hydrogens (tertiary/aromatic N) is 2. The van der Waals surface area contributed by atoms with Crippen LogP contribution in [-0.2, 0) is 37.4 Å². The first kappa shape index (κ1) is 18.5. The molecule has 1 aromatic rings. The third-order valence-electron chi connectivity index (χ3n) is 2.57. The molecule has 0 aromatic carbocycles. The Morgan fingerprint density at radius 3 is 2.58 bits per heavy atom. The van der Waals surface area contributed by atoms with Crippen LogP contribution in [0.1, 0.15) is 45.6 Å². The van der Waals surface area contributed by atoms with Crippen molar-refractivity contribution in [3.05, 3.63) is 23.9 Å². The van der Waals surface area contributed by atoms with Crippen LogP contribution in [0.4, 0.5) is 10.6 Å². The van der Waals surface area contributed by atoms with Crippen LogP contribution in [0.15, 0.2) is 12.3 Å². The van der Waals surface area contributed by atoms with Crippen molar-refractivity contribution in [3.8, 4) is 0 Å². The summed E-state index contributed by atoms with van der Waals surface area (Å²) in [6.45, 7) is 9.34. The second-order valence-corrected chi connectivity index (χ2v) is 4.13. The first-order chi connectivity index (χ1) is 8.68. The van der Waals surface area contributed by atoms with Gasteiger partial charge in [0.1, 0.15) is 0 Å². The number of hydrogen-bond acceptors (Lipinski definition) is 3. The summed E-state index contributed by atoms with van der Waals surface area (Å²) in [5, 5.41) is 0. The fraction of sp³-hybridized carbons (Fsp3) is 0.571. The molecule has 0 unspecified atom stereocenters. The van der Waals surface area contributed by atoms with Gasteiger partial charge in [0.25, 0.3) is 0 Å². The number of pyridine rings is 1. The summed E-state index contributed by atoms with van der Waals surface area (Å²) < 4.78 is 4.96. The molecule has 0 N–H and O–H groups in total. The Morgan fingerprint density at radius 2 is 2.11 bits per heavy atom. The number of amides is 1. The molecule has 4 nitrogen and oxygen atoms in total. The minimum Gasteiger partial charge on any atom is -0.450 e. The summed E-state index contributed by atoms with van der Waals surface area (Å²) in [5.41, 5.74) is 1.05. The van der Waals surface area contributed by atoms with E-state index >= 15 is 0 Å². The molecule has 1 saturated heterocycles. The minimum absolute atomic E-state index is 0. The summed E-state index contributed by atoms with van der Waals surface area (Å²) in [4.78, 5) is 17.3. The van der Waals surface area contributed by atoms with Gasteiger partial charge in [-0.2, -0.15) is 6.07 Å². The monoisotopic (exact) mass is 338 g/mol. The van der Waals surface area contributed by atoms with Crippen LogP contribution >= 0.6 is 0 Å². The van der Waals surface area contributed by atoms with Gasteiger partial charge in [0.2, 0.25) is 0 Å². The first-order valence-corrected chi connectivity index (χ1v) is 6.50. The van der Waals surface area contributed by atoms with Gasteiger partial charge in [-0.25, -0.2) is 4.79 Å². The SMILES string of the molecule is CC.CC(C)c1[c-]cc(N2CCCOC2=O)nc1.[Y]. The summed E-state index contributed by atoms with van der Waals surface area (Å²) in [6, 6.07) is 4.89. The summed E-state index contributed by atoms with van der Waals surface area (Å²) in [6.07, 6.45) is 2.30. The molecule has 0 spiro atoms. The second kappa shape index (κ2) is 9.43. The Morgan fingerprint density at radius 1 is 1.42 bits per heavy atom. The number of aromatic nitrogens is 1. The van der Waals surface area contributed by atoms with Gasteiger partial charge in [0.15, 0.2) is 0 Å². The Bertz CT molecular complexity index is 380. The molecule has 19 heavy (non-hydrogen) atoms. The number of cyclic esters (lactones) is 1. The predicted molar refractivity (Wildman–Crippen MR) is 71.8 cm³/mol. The Kier molecular flexibility index (Phi) is 9.19. The van der Waals surface area contributed by atoms with E-state index in [-0.39, 0.29) is 38.8 Å². The molecule has 1 aliphatic rings. The van der Waals surface area contributed by atoms with E-state index in [0.717, 1.165) is 12.0 Å². The van der Waals surface area contributed by atoms with Crippen molar-refractivity contribution in [1.29, 1.82) is 0 Å². The van der Waals surface area contributed by atoms with Crippen LogP contribution in [0.5, 0.6) is 0 Å². The van der Waals surface area contributed by atoms with Gasteiger partial charge in [0.05, 0.1) is 6.61 Å². The van der Waals surface area contributed by atoms with Crippen molar-refractivity contribution < 1.29 is 42.2 Å². The Hall–Kier alpha value is -0.476. The molecule has 1 fully saturated rings. The molecule has 0 atom stereocenters. The van der Waals surface area contributed by atoms with Gasteiger partial charge in [0, 0.05) is 45.1 Å². The van der Waals surface area contributed by atoms with Gasteiger partial charge in [-0.1, -0.05) is 33.9 Å². The molecule has 5 heteroatoms. The van der Waals surface area contributed by atoms with E-state index in [4.69, 9.17) is 4.74 Å². The van der Waals surface area contributed by atoms with Crippen LogP contribution in [-0.4, -0.2) is 24.2 Å². The number of carbonyl (C=O) groups excluding carboxylic acids is 1. The Balaban J connectivity index is 0.00000103.